The first-order valence-corrected chi connectivity index (χ1v) is 6.28. The Balaban J connectivity index is 1.76. The van der Waals surface area contributed by atoms with Gasteiger partial charge in [0.05, 0.1) is 24.1 Å². The summed E-state index contributed by atoms with van der Waals surface area (Å²) in [6.07, 6.45) is 1.33. The maximum absolute atomic E-state index is 4.69. The van der Waals surface area contributed by atoms with Gasteiger partial charge < -0.3 is 14.4 Å². The second-order valence-corrected chi connectivity index (χ2v) is 4.21. The molecule has 0 fully saturated rings. The Morgan fingerprint density at radius 2 is 2.16 bits per heavy atom. The largest absolute Gasteiger partial charge is 0.343 e. The highest BCUT2D eigenvalue weighted by molar-refractivity contribution is 5.75. The number of fused-ring (bicyclic) bond motifs is 1. The molecule has 3 rings (SSSR count). The van der Waals surface area contributed by atoms with Crippen molar-refractivity contribution in [2.45, 2.75) is 26.6 Å². The standard InChI is InChI=1S/C13H15N5O/c1-2-18-11-6-4-3-5-10(11)16-13(18)8-14-7-12-15-9-19-17-12/h3-6,9,14H,2,7-8H2,1H3. The summed E-state index contributed by atoms with van der Waals surface area (Å²) in [5, 5.41) is 7.03. The van der Waals surface area contributed by atoms with Crippen LogP contribution in [0.1, 0.15) is 18.6 Å². The van der Waals surface area contributed by atoms with Crippen LogP contribution in [0.3, 0.4) is 0 Å². The van der Waals surface area contributed by atoms with Crippen molar-refractivity contribution in [3.05, 3.63) is 42.3 Å². The van der Waals surface area contributed by atoms with Gasteiger partial charge in [-0.15, -0.1) is 0 Å². The highest BCUT2D eigenvalue weighted by atomic mass is 16.5. The van der Waals surface area contributed by atoms with Crippen molar-refractivity contribution in [3.8, 4) is 0 Å². The Bertz CT molecular complexity index is 659. The van der Waals surface area contributed by atoms with E-state index in [-0.39, 0.29) is 0 Å². The van der Waals surface area contributed by atoms with Crippen molar-refractivity contribution in [3.63, 3.8) is 0 Å². The molecule has 0 atom stereocenters. The van der Waals surface area contributed by atoms with Crippen LogP contribution in [0.25, 0.3) is 11.0 Å². The summed E-state index contributed by atoms with van der Waals surface area (Å²) in [6, 6.07) is 8.16. The minimum atomic E-state index is 0.573. The molecule has 2 aromatic heterocycles. The molecule has 0 aliphatic heterocycles. The molecule has 0 spiro atoms. The van der Waals surface area contributed by atoms with Crippen molar-refractivity contribution >= 4 is 11.0 Å². The Labute approximate surface area is 110 Å². The molecule has 0 radical (unpaired) electrons. The number of benzene rings is 1. The molecule has 3 aromatic rings. The first kappa shape index (κ1) is 11.9. The molecule has 1 N–H and O–H groups in total. The molecule has 98 valence electrons. The Hall–Kier alpha value is -2.21. The van der Waals surface area contributed by atoms with Crippen molar-refractivity contribution in [2.24, 2.45) is 0 Å². The van der Waals surface area contributed by atoms with E-state index in [1.807, 2.05) is 18.2 Å². The predicted octanol–water partition coefficient (Wildman–Crippen LogP) is 1.73. The highest BCUT2D eigenvalue weighted by Gasteiger charge is 2.08. The van der Waals surface area contributed by atoms with Crippen LogP contribution < -0.4 is 5.32 Å². The van der Waals surface area contributed by atoms with Crippen molar-refractivity contribution in [1.29, 1.82) is 0 Å². The van der Waals surface area contributed by atoms with Crippen molar-refractivity contribution < 1.29 is 4.52 Å². The average Bonchev–Trinajstić information content (AvgIpc) is 3.05. The van der Waals surface area contributed by atoms with Gasteiger partial charge in [0, 0.05) is 6.54 Å². The fourth-order valence-electron chi connectivity index (χ4n) is 2.17. The zero-order valence-electron chi connectivity index (χ0n) is 10.7. The van der Waals surface area contributed by atoms with Gasteiger partial charge in [-0.25, -0.2) is 4.98 Å². The van der Waals surface area contributed by atoms with E-state index >= 15 is 0 Å². The van der Waals surface area contributed by atoms with Gasteiger partial charge in [-0.05, 0) is 19.1 Å². The number of aryl methyl sites for hydroxylation is 1. The number of hydrogen-bond donors (Lipinski definition) is 1. The topological polar surface area (TPSA) is 68.8 Å². The molecule has 0 unspecified atom stereocenters. The molecule has 19 heavy (non-hydrogen) atoms. The van der Waals surface area contributed by atoms with Crippen molar-refractivity contribution in [1.82, 2.24) is 25.0 Å². The number of nitrogens with zero attached hydrogens (tertiary/aromatic N) is 4. The van der Waals surface area contributed by atoms with E-state index in [2.05, 4.69) is 42.5 Å². The summed E-state index contributed by atoms with van der Waals surface area (Å²) in [7, 11) is 0. The number of aromatic nitrogens is 4. The van der Waals surface area contributed by atoms with E-state index in [0.717, 1.165) is 17.9 Å². The number of para-hydroxylation sites is 2. The van der Waals surface area contributed by atoms with Gasteiger partial charge in [0.15, 0.2) is 5.82 Å². The first-order valence-electron chi connectivity index (χ1n) is 6.28. The maximum Gasteiger partial charge on any atom is 0.213 e. The minimum Gasteiger partial charge on any atom is -0.343 e. The van der Waals surface area contributed by atoms with E-state index in [4.69, 9.17) is 0 Å². The summed E-state index contributed by atoms with van der Waals surface area (Å²) in [6.45, 7) is 4.27. The van der Waals surface area contributed by atoms with E-state index in [1.54, 1.807) is 0 Å². The third-order valence-corrected chi connectivity index (χ3v) is 3.02. The molecular formula is C13H15N5O. The lowest BCUT2D eigenvalue weighted by atomic mass is 10.3. The lowest BCUT2D eigenvalue weighted by molar-refractivity contribution is 0.407. The Kier molecular flexibility index (Phi) is 3.24. The molecular weight excluding hydrogens is 242 g/mol. The van der Waals surface area contributed by atoms with Crippen LogP contribution >= 0.6 is 0 Å². The monoisotopic (exact) mass is 257 g/mol. The molecule has 6 nitrogen and oxygen atoms in total. The smallest absolute Gasteiger partial charge is 0.213 e. The average molecular weight is 257 g/mol. The van der Waals surface area contributed by atoms with Crippen LogP contribution in [0.2, 0.25) is 0 Å². The molecule has 0 saturated carbocycles. The van der Waals surface area contributed by atoms with Crippen LogP contribution in [0.5, 0.6) is 0 Å². The summed E-state index contributed by atoms with van der Waals surface area (Å²) in [4.78, 5) is 8.60. The van der Waals surface area contributed by atoms with Gasteiger partial charge in [-0.3, -0.25) is 0 Å². The summed E-state index contributed by atoms with van der Waals surface area (Å²) >= 11 is 0. The van der Waals surface area contributed by atoms with Crippen LogP contribution in [0.4, 0.5) is 0 Å². The zero-order valence-corrected chi connectivity index (χ0v) is 10.7. The Morgan fingerprint density at radius 1 is 1.26 bits per heavy atom. The maximum atomic E-state index is 4.69. The fraction of sp³-hybridized carbons (Fsp3) is 0.308. The molecule has 0 aliphatic rings. The van der Waals surface area contributed by atoms with Gasteiger partial charge in [-0.1, -0.05) is 17.3 Å². The SMILES string of the molecule is CCn1c(CNCc2ncon2)nc2ccccc21. The quantitative estimate of drug-likeness (QED) is 0.753. The molecule has 0 saturated heterocycles. The highest BCUT2D eigenvalue weighted by Crippen LogP contribution is 2.15. The molecule has 0 bridgehead atoms. The van der Waals surface area contributed by atoms with Crippen LogP contribution in [0.15, 0.2) is 35.2 Å². The minimum absolute atomic E-state index is 0.573. The van der Waals surface area contributed by atoms with Crippen LogP contribution in [0, 0.1) is 0 Å². The third kappa shape index (κ3) is 2.34. The number of hydrogen-bond acceptors (Lipinski definition) is 5. The van der Waals surface area contributed by atoms with Crippen LogP contribution in [-0.2, 0) is 19.6 Å². The number of nitrogens with one attached hydrogen (secondary N) is 1. The van der Waals surface area contributed by atoms with Gasteiger partial charge in [0.2, 0.25) is 6.39 Å². The molecule has 2 heterocycles. The lowest BCUT2D eigenvalue weighted by Crippen LogP contribution is -2.17. The summed E-state index contributed by atoms with van der Waals surface area (Å²) in [5.41, 5.74) is 2.20. The Morgan fingerprint density at radius 3 is 2.95 bits per heavy atom. The van der Waals surface area contributed by atoms with E-state index in [9.17, 15) is 0 Å². The van der Waals surface area contributed by atoms with Gasteiger partial charge in [0.1, 0.15) is 5.82 Å². The van der Waals surface area contributed by atoms with E-state index < -0.39 is 0 Å². The van der Waals surface area contributed by atoms with Gasteiger partial charge in [0.25, 0.3) is 0 Å². The first-order chi connectivity index (χ1) is 9.38. The second kappa shape index (κ2) is 5.19. The summed E-state index contributed by atoms with van der Waals surface area (Å²) in [5.74, 6) is 1.67. The van der Waals surface area contributed by atoms with E-state index in [0.29, 0.717) is 18.9 Å². The molecule has 0 aliphatic carbocycles. The van der Waals surface area contributed by atoms with Gasteiger partial charge in [-0.2, -0.15) is 4.98 Å². The van der Waals surface area contributed by atoms with Crippen LogP contribution in [-0.4, -0.2) is 19.7 Å². The van der Waals surface area contributed by atoms with Gasteiger partial charge >= 0.3 is 0 Å². The molecule has 6 heteroatoms. The number of rotatable bonds is 5. The number of imidazole rings is 1. The zero-order chi connectivity index (χ0) is 13.1. The van der Waals surface area contributed by atoms with E-state index in [1.165, 1.54) is 11.9 Å². The predicted molar refractivity (Wildman–Crippen MR) is 70.2 cm³/mol. The normalized spacial score (nSPS) is 11.2. The third-order valence-electron chi connectivity index (χ3n) is 3.02. The fourth-order valence-corrected chi connectivity index (χ4v) is 2.17. The lowest BCUT2D eigenvalue weighted by Gasteiger charge is -2.06. The second-order valence-electron chi connectivity index (χ2n) is 4.21. The van der Waals surface area contributed by atoms with Crippen molar-refractivity contribution in [2.75, 3.05) is 0 Å². The molecule has 0 amide bonds. The summed E-state index contributed by atoms with van der Waals surface area (Å²) < 4.78 is 6.90. The molecule has 1 aromatic carbocycles.